The molecule has 1 aromatic rings. The topological polar surface area (TPSA) is 88.2 Å². The van der Waals surface area contributed by atoms with Crippen LogP contribution in [0.1, 0.15) is 58.2 Å². The van der Waals surface area contributed by atoms with Gasteiger partial charge in [0, 0.05) is 30.5 Å². The van der Waals surface area contributed by atoms with Gasteiger partial charge in [-0.3, -0.25) is 9.36 Å². The van der Waals surface area contributed by atoms with Gasteiger partial charge in [-0.05, 0) is 62.8 Å². The summed E-state index contributed by atoms with van der Waals surface area (Å²) in [5, 5.41) is 15.7. The zero-order chi connectivity index (χ0) is 24.6. The fourth-order valence-corrected chi connectivity index (χ4v) is 3.20. The molecule has 0 bridgehead atoms. The Kier molecular flexibility index (Phi) is 13.2. The molecule has 2 N–H and O–H groups in total. The lowest BCUT2D eigenvalue weighted by Crippen LogP contribution is -2.25. The molecule has 6 nitrogen and oxygen atoms in total. The van der Waals surface area contributed by atoms with E-state index in [4.69, 9.17) is 10.5 Å². The van der Waals surface area contributed by atoms with Crippen LogP contribution in [0.2, 0.25) is 0 Å². The van der Waals surface area contributed by atoms with Crippen LogP contribution in [0.5, 0.6) is 0 Å². The molecule has 1 heterocycles. The number of ether oxygens (including phenoxy) is 1. The van der Waals surface area contributed by atoms with Crippen LogP contribution >= 0.6 is 0 Å². The molecule has 0 amide bonds. The number of alkyl halides is 2. The van der Waals surface area contributed by atoms with Gasteiger partial charge in [-0.2, -0.15) is 8.78 Å². The average Bonchev–Trinajstić information content (AvgIpc) is 2.79. The molecule has 1 atom stereocenters. The first-order valence-electron chi connectivity index (χ1n) is 10.9. The van der Waals surface area contributed by atoms with Gasteiger partial charge in [-0.25, -0.2) is 4.98 Å². The van der Waals surface area contributed by atoms with E-state index in [2.05, 4.69) is 27.9 Å². The van der Waals surface area contributed by atoms with Gasteiger partial charge in [-0.15, -0.1) is 0 Å². The normalized spacial score (nSPS) is 15.2. The highest BCUT2D eigenvalue weighted by Gasteiger charge is 2.14. The van der Waals surface area contributed by atoms with Crippen LogP contribution in [-0.4, -0.2) is 34.1 Å². The van der Waals surface area contributed by atoms with Gasteiger partial charge in [0.15, 0.2) is 0 Å². The third kappa shape index (κ3) is 9.91. The van der Waals surface area contributed by atoms with Crippen LogP contribution in [0.15, 0.2) is 71.1 Å². The van der Waals surface area contributed by atoms with E-state index >= 15 is 0 Å². The Morgan fingerprint density at radius 1 is 1.36 bits per heavy atom. The maximum Gasteiger partial charge on any atom is 0.386 e. The summed E-state index contributed by atoms with van der Waals surface area (Å²) in [4.78, 5) is 16.9. The molecular formula is C25H33F2N3O3. The van der Waals surface area contributed by atoms with Gasteiger partial charge in [0.1, 0.15) is 0 Å². The molecule has 0 aliphatic heterocycles. The van der Waals surface area contributed by atoms with Gasteiger partial charge in [0.05, 0.1) is 18.3 Å². The molecule has 1 aromatic heterocycles. The molecule has 0 spiro atoms. The van der Waals surface area contributed by atoms with Crippen LogP contribution in [0, 0.1) is 5.41 Å². The van der Waals surface area contributed by atoms with Crippen molar-refractivity contribution in [2.45, 2.75) is 59.1 Å². The average molecular weight is 462 g/mol. The van der Waals surface area contributed by atoms with Crippen molar-refractivity contribution in [3.63, 3.8) is 0 Å². The van der Waals surface area contributed by atoms with Crippen molar-refractivity contribution >= 4 is 11.8 Å². The maximum atomic E-state index is 12.4. The summed E-state index contributed by atoms with van der Waals surface area (Å²) in [5.74, 6) is 0. The number of hydrogen-bond donors (Lipinski definition) is 2. The Bertz CT molecular complexity index is 960. The number of nitrogens with one attached hydrogen (secondary N) is 1. The van der Waals surface area contributed by atoms with Crippen molar-refractivity contribution in [3.05, 3.63) is 82.3 Å². The molecule has 1 aliphatic rings. The fraction of sp³-hybridized carbons (Fsp3) is 0.400. The van der Waals surface area contributed by atoms with Crippen molar-refractivity contribution in [1.29, 1.82) is 5.41 Å². The lowest BCUT2D eigenvalue weighted by molar-refractivity contribution is -0.0829. The van der Waals surface area contributed by atoms with Crippen LogP contribution in [0.3, 0.4) is 0 Å². The van der Waals surface area contributed by atoms with E-state index in [1.165, 1.54) is 12.2 Å². The summed E-state index contributed by atoms with van der Waals surface area (Å²) in [6.07, 6.45) is 18.2. The fourth-order valence-electron chi connectivity index (χ4n) is 3.20. The second kappa shape index (κ2) is 15.6. The minimum Gasteiger partial charge on any atom is -0.443 e. The highest BCUT2D eigenvalue weighted by Crippen LogP contribution is 2.27. The van der Waals surface area contributed by atoms with E-state index in [1.54, 1.807) is 23.9 Å². The smallest absolute Gasteiger partial charge is 0.386 e. The Morgan fingerprint density at radius 2 is 2.09 bits per heavy atom. The lowest BCUT2D eigenvalue weighted by atomic mass is 9.95. The second-order valence-corrected chi connectivity index (χ2v) is 7.23. The van der Waals surface area contributed by atoms with Crippen LogP contribution in [-0.2, 0) is 4.74 Å². The van der Waals surface area contributed by atoms with E-state index in [1.807, 2.05) is 19.9 Å². The second-order valence-electron chi connectivity index (χ2n) is 7.23. The van der Waals surface area contributed by atoms with E-state index in [0.717, 1.165) is 48.6 Å². The predicted octanol–water partition coefficient (Wildman–Crippen LogP) is 5.59. The molecule has 0 radical (unpaired) electrons. The standard InChI is InChI=1S/C18H24N2O2.C7H9F2NO/c1-3-7-14-8-5-6-9-16(14)17-12-18(22)20(13-19-17)15(4-2)10-11-21;1-6(2-4-10)3-5-11-7(8)9/h3,7-9,12-13,15,21H,4-6,10-11H2,1-2H3;2-5,7,10H,1H3/b7-3-;5-3+,6-2-,10-4?. The molecule has 0 saturated carbocycles. The summed E-state index contributed by atoms with van der Waals surface area (Å²) in [6, 6.07) is 1.61. The number of aliphatic hydroxyl groups is 1. The largest absolute Gasteiger partial charge is 0.443 e. The minimum absolute atomic E-state index is 0.00457. The van der Waals surface area contributed by atoms with Gasteiger partial charge in [-0.1, -0.05) is 31.2 Å². The molecule has 0 fully saturated rings. The molecule has 33 heavy (non-hydrogen) atoms. The first-order chi connectivity index (χ1) is 15.9. The highest BCUT2D eigenvalue weighted by molar-refractivity contribution is 5.80. The van der Waals surface area contributed by atoms with E-state index in [0.29, 0.717) is 12.0 Å². The Morgan fingerprint density at radius 3 is 2.67 bits per heavy atom. The van der Waals surface area contributed by atoms with Crippen molar-refractivity contribution in [1.82, 2.24) is 9.55 Å². The summed E-state index contributed by atoms with van der Waals surface area (Å²) in [6.45, 7) is 2.97. The third-order valence-corrected chi connectivity index (χ3v) is 4.83. The Labute approximate surface area is 193 Å². The number of rotatable bonds is 10. The number of nitrogens with zero attached hydrogens (tertiary/aromatic N) is 2. The molecule has 180 valence electrons. The van der Waals surface area contributed by atoms with Crippen molar-refractivity contribution in [3.8, 4) is 0 Å². The van der Waals surface area contributed by atoms with Crippen molar-refractivity contribution in [2.24, 2.45) is 0 Å². The summed E-state index contributed by atoms with van der Waals surface area (Å²) >= 11 is 0. The van der Waals surface area contributed by atoms with Crippen LogP contribution in [0.25, 0.3) is 5.57 Å². The minimum atomic E-state index is -2.78. The molecule has 0 saturated heterocycles. The summed E-state index contributed by atoms with van der Waals surface area (Å²) < 4.78 is 28.1. The third-order valence-electron chi connectivity index (χ3n) is 4.83. The van der Waals surface area contributed by atoms with Gasteiger partial charge < -0.3 is 15.3 Å². The van der Waals surface area contributed by atoms with Gasteiger partial charge in [0.25, 0.3) is 5.56 Å². The molecule has 1 unspecified atom stereocenters. The van der Waals surface area contributed by atoms with Gasteiger partial charge >= 0.3 is 6.61 Å². The molecule has 0 aromatic carbocycles. The maximum absolute atomic E-state index is 12.4. The first-order valence-corrected chi connectivity index (χ1v) is 10.9. The number of aromatic nitrogens is 2. The number of hydrogen-bond acceptors (Lipinski definition) is 5. The number of allylic oxidation sites excluding steroid dienone is 9. The molecule has 8 heteroatoms. The van der Waals surface area contributed by atoms with E-state index < -0.39 is 6.61 Å². The summed E-state index contributed by atoms with van der Waals surface area (Å²) in [5.41, 5.74) is 3.51. The monoisotopic (exact) mass is 461 g/mol. The molecule has 2 rings (SSSR count). The quantitative estimate of drug-likeness (QED) is 0.270. The Balaban J connectivity index is 0.000000420. The van der Waals surface area contributed by atoms with Crippen LogP contribution < -0.4 is 5.56 Å². The first kappa shape index (κ1) is 27.9. The van der Waals surface area contributed by atoms with Crippen molar-refractivity contribution in [2.75, 3.05) is 6.61 Å². The van der Waals surface area contributed by atoms with Crippen molar-refractivity contribution < 1.29 is 18.6 Å². The highest BCUT2D eigenvalue weighted by atomic mass is 19.3. The number of halogens is 2. The summed E-state index contributed by atoms with van der Waals surface area (Å²) in [7, 11) is 0. The lowest BCUT2D eigenvalue weighted by Gasteiger charge is -2.18. The van der Waals surface area contributed by atoms with E-state index in [-0.39, 0.29) is 18.2 Å². The van der Waals surface area contributed by atoms with Crippen LogP contribution in [0.4, 0.5) is 8.78 Å². The zero-order valence-corrected chi connectivity index (χ0v) is 19.4. The van der Waals surface area contributed by atoms with E-state index in [9.17, 15) is 13.6 Å². The van der Waals surface area contributed by atoms with Gasteiger partial charge in [0.2, 0.25) is 0 Å². The Hall–Kier alpha value is -3.13. The zero-order valence-electron chi connectivity index (χ0n) is 19.4. The molecule has 1 aliphatic carbocycles. The predicted molar refractivity (Wildman–Crippen MR) is 128 cm³/mol. The SMILES string of the molecule is C/C=C\C1=CCCC=C1c1cc(=O)n(C(CC)CCO)cn1.CC(=C/C=N)/C=C/OC(F)F. The number of aliphatic hydroxyl groups excluding tert-OH is 1. The molecular weight excluding hydrogens is 428 g/mol.